The summed E-state index contributed by atoms with van der Waals surface area (Å²) in [6, 6.07) is 32.5. The van der Waals surface area contributed by atoms with Crippen LogP contribution in [0.25, 0.3) is 33.9 Å². The molecule has 0 bridgehead atoms. The van der Waals surface area contributed by atoms with Gasteiger partial charge >= 0.3 is 7.49 Å². The highest BCUT2D eigenvalue weighted by Crippen LogP contribution is 2.74. The highest BCUT2D eigenvalue weighted by Gasteiger charge is 2.52. The zero-order chi connectivity index (χ0) is 27.8. The number of para-hydroxylation sites is 1. The quantitative estimate of drug-likeness (QED) is 0.197. The van der Waals surface area contributed by atoms with Crippen LogP contribution in [0.3, 0.4) is 0 Å². The molecule has 0 saturated carbocycles. The molecule has 0 amide bonds. The summed E-state index contributed by atoms with van der Waals surface area (Å²) in [5.74, 6) is 0. The van der Waals surface area contributed by atoms with Crippen LogP contribution in [-0.2, 0) is 4.57 Å². The number of rotatable bonds is 6. The topological polar surface area (TPSA) is 52.7 Å². The predicted octanol–water partition coefficient (Wildman–Crippen LogP) is 8.84. The summed E-state index contributed by atoms with van der Waals surface area (Å²) in [4.78, 5) is 0. The maximum absolute atomic E-state index is 14.6. The molecule has 0 aliphatic carbocycles. The van der Waals surface area contributed by atoms with Gasteiger partial charge in [-0.15, -0.1) is 0 Å². The minimum Gasteiger partial charge on any atom is -0.230 e. The van der Waals surface area contributed by atoms with Crippen molar-refractivity contribution < 1.29 is 4.57 Å². The van der Waals surface area contributed by atoms with Crippen LogP contribution in [0, 0.1) is 0 Å². The summed E-state index contributed by atoms with van der Waals surface area (Å²) in [6.07, 6.45) is 1.77. The first-order chi connectivity index (χ1) is 18.6. The van der Waals surface area contributed by atoms with E-state index in [-0.39, 0.29) is 10.3 Å². The third kappa shape index (κ3) is 5.39. The van der Waals surface area contributed by atoms with Crippen molar-refractivity contribution in [2.75, 3.05) is 0 Å². The summed E-state index contributed by atoms with van der Waals surface area (Å²) in [5, 5.41) is 9.81. The lowest BCUT2D eigenvalue weighted by Gasteiger charge is -2.31. The summed E-state index contributed by atoms with van der Waals surface area (Å²) in [7, 11) is -2.66. The molecule has 0 aliphatic rings. The molecular weight excluding hydrogens is 518 g/mol. The number of hydrogen-bond acceptors (Lipinski definition) is 3. The fraction of sp³-hybridized carbons (Fsp3) is 0.250. The highest BCUT2D eigenvalue weighted by molar-refractivity contribution is 8.28. The molecule has 39 heavy (non-hydrogen) atoms. The summed E-state index contributed by atoms with van der Waals surface area (Å²) in [6.45, 7) is 13.2. The van der Waals surface area contributed by atoms with E-state index in [0.29, 0.717) is 0 Å². The second-order valence-corrected chi connectivity index (χ2v) is 18.2. The van der Waals surface area contributed by atoms with Crippen LogP contribution in [0.15, 0.2) is 103 Å². The summed E-state index contributed by atoms with van der Waals surface area (Å²) in [5.41, 5.74) is 6.21. The summed E-state index contributed by atoms with van der Waals surface area (Å²) < 4.78 is 18.4. The van der Waals surface area contributed by atoms with E-state index in [0.717, 1.165) is 39.3 Å². The Bertz CT molecular complexity index is 1560. The first-order valence-corrected chi connectivity index (χ1v) is 16.5. The second-order valence-electron chi connectivity index (χ2n) is 11.6. The summed E-state index contributed by atoms with van der Waals surface area (Å²) >= 11 is 0. The maximum atomic E-state index is 14.6. The zero-order valence-electron chi connectivity index (χ0n) is 23.4. The molecule has 5 nitrogen and oxygen atoms in total. The van der Waals surface area contributed by atoms with E-state index in [1.165, 1.54) is 0 Å². The van der Waals surface area contributed by atoms with Gasteiger partial charge in [0.2, 0.25) is 0 Å². The van der Waals surface area contributed by atoms with Gasteiger partial charge in [0.05, 0.1) is 11.9 Å². The molecule has 0 radical (unpaired) electrons. The lowest BCUT2D eigenvalue weighted by Crippen LogP contribution is -2.26. The van der Waals surface area contributed by atoms with Gasteiger partial charge in [-0.1, -0.05) is 125 Å². The van der Waals surface area contributed by atoms with Crippen molar-refractivity contribution in [3.63, 3.8) is 0 Å². The molecule has 1 atom stereocenters. The lowest BCUT2D eigenvalue weighted by atomic mass is 10.1. The van der Waals surface area contributed by atoms with Gasteiger partial charge in [0.15, 0.2) is 7.61 Å². The highest BCUT2D eigenvalue weighted by atomic mass is 32.1. The van der Waals surface area contributed by atoms with Crippen LogP contribution < -0.4 is 5.44 Å². The van der Waals surface area contributed by atoms with Crippen molar-refractivity contribution in [2.45, 2.75) is 51.9 Å². The van der Waals surface area contributed by atoms with Crippen molar-refractivity contribution in [3.8, 4) is 33.9 Å². The van der Waals surface area contributed by atoms with Crippen molar-refractivity contribution in [1.29, 1.82) is 0 Å². The number of benzene rings is 3. The Kier molecular flexibility index (Phi) is 7.42. The number of nitrogens with zero attached hydrogens (tertiary/aromatic N) is 4. The van der Waals surface area contributed by atoms with Gasteiger partial charge < -0.3 is 0 Å². The SMILES string of the molecule is CC(C)(C)P([P+](=O)c1ccnn1-c1c(-c2ccccc2)nn(-c2ccccc2)c1-c1ccccc1)C(C)(C)C. The Morgan fingerprint density at radius 2 is 1.18 bits per heavy atom. The van der Waals surface area contributed by atoms with Gasteiger partial charge in [0.1, 0.15) is 17.1 Å². The van der Waals surface area contributed by atoms with E-state index < -0.39 is 15.1 Å². The van der Waals surface area contributed by atoms with E-state index >= 15 is 0 Å². The van der Waals surface area contributed by atoms with Crippen molar-refractivity contribution in [1.82, 2.24) is 19.6 Å². The maximum Gasteiger partial charge on any atom is 0.414 e. The molecule has 0 fully saturated rings. The standard InChI is InChI=1S/C32H35N4OP2/c1-31(2,3)39(32(4,5)6)38(37)27-22-23-33-36(27)30-28(24-16-10-7-11-17-24)34-35(26-20-14-9-15-21-26)29(30)25-18-12-8-13-19-25/h7-23H,1-6H3/q+1. The van der Waals surface area contributed by atoms with Gasteiger partial charge in [0, 0.05) is 27.5 Å². The van der Waals surface area contributed by atoms with Crippen molar-refractivity contribution in [2.24, 2.45) is 0 Å². The van der Waals surface area contributed by atoms with Gasteiger partial charge in [-0.05, 0) is 12.1 Å². The Hall–Kier alpha value is -3.39. The molecular formula is C32H35N4OP2+. The molecule has 5 rings (SSSR count). The monoisotopic (exact) mass is 553 g/mol. The number of hydrogen-bond donors (Lipinski definition) is 0. The van der Waals surface area contributed by atoms with Crippen molar-refractivity contribution >= 4 is 20.5 Å². The van der Waals surface area contributed by atoms with Gasteiger partial charge in [-0.2, -0.15) is 14.9 Å². The Balaban J connectivity index is 1.84. The van der Waals surface area contributed by atoms with Crippen LogP contribution in [0.4, 0.5) is 0 Å². The molecule has 0 saturated heterocycles. The largest absolute Gasteiger partial charge is 0.414 e. The van der Waals surface area contributed by atoms with E-state index in [1.807, 2.05) is 70.0 Å². The third-order valence-corrected chi connectivity index (χ3v) is 15.4. The molecule has 1 unspecified atom stereocenters. The number of aromatic nitrogens is 4. The normalized spacial score (nSPS) is 12.6. The first-order valence-electron chi connectivity index (χ1n) is 13.2. The fourth-order valence-corrected chi connectivity index (χ4v) is 13.4. The van der Waals surface area contributed by atoms with E-state index in [4.69, 9.17) is 10.2 Å². The Labute approximate surface area is 233 Å². The van der Waals surface area contributed by atoms with Crippen LogP contribution in [0.1, 0.15) is 41.5 Å². The average molecular weight is 554 g/mol. The molecule has 7 heteroatoms. The molecule has 3 aromatic carbocycles. The second kappa shape index (κ2) is 10.6. The molecule has 0 N–H and O–H groups in total. The van der Waals surface area contributed by atoms with E-state index in [1.54, 1.807) is 6.20 Å². The van der Waals surface area contributed by atoms with E-state index in [9.17, 15) is 4.57 Å². The van der Waals surface area contributed by atoms with Crippen LogP contribution in [0.5, 0.6) is 0 Å². The fourth-order valence-electron chi connectivity index (χ4n) is 5.28. The molecule has 198 valence electrons. The van der Waals surface area contributed by atoms with Gasteiger partial charge in [-0.25, -0.2) is 4.68 Å². The Morgan fingerprint density at radius 3 is 1.72 bits per heavy atom. The molecule has 2 aromatic heterocycles. The predicted molar refractivity (Wildman–Crippen MR) is 165 cm³/mol. The smallest absolute Gasteiger partial charge is 0.230 e. The van der Waals surface area contributed by atoms with Crippen LogP contribution in [0.2, 0.25) is 0 Å². The van der Waals surface area contributed by atoms with E-state index in [2.05, 4.69) is 77.9 Å². The van der Waals surface area contributed by atoms with Gasteiger partial charge in [-0.3, -0.25) is 0 Å². The average Bonchev–Trinajstić information content (AvgIpc) is 3.54. The third-order valence-electron chi connectivity index (χ3n) is 6.44. The minimum atomic E-state index is -1.75. The van der Waals surface area contributed by atoms with Crippen LogP contribution in [-0.4, -0.2) is 29.9 Å². The van der Waals surface area contributed by atoms with Crippen LogP contribution >= 0.6 is 15.1 Å². The zero-order valence-corrected chi connectivity index (χ0v) is 25.2. The molecule has 2 heterocycles. The Morgan fingerprint density at radius 1 is 0.667 bits per heavy atom. The molecule has 0 spiro atoms. The minimum absolute atomic E-state index is 0.102. The van der Waals surface area contributed by atoms with Gasteiger partial charge in [0.25, 0.3) is 5.44 Å². The molecule has 0 aliphatic heterocycles. The van der Waals surface area contributed by atoms with Crippen molar-refractivity contribution in [3.05, 3.63) is 103 Å². The molecule has 5 aromatic rings. The lowest BCUT2D eigenvalue weighted by molar-refractivity contribution is 0.597. The first kappa shape index (κ1) is 27.2.